The summed E-state index contributed by atoms with van der Waals surface area (Å²) >= 11 is 0. The second kappa shape index (κ2) is 8.19. The topological polar surface area (TPSA) is 94.3 Å². The first-order chi connectivity index (χ1) is 14.9. The van der Waals surface area contributed by atoms with Crippen molar-refractivity contribution in [3.8, 4) is 28.6 Å². The summed E-state index contributed by atoms with van der Waals surface area (Å²) in [5.41, 5.74) is 2.00. The maximum absolute atomic E-state index is 13.8. The highest BCUT2D eigenvalue weighted by Crippen LogP contribution is 2.25. The van der Waals surface area contributed by atoms with Crippen molar-refractivity contribution in [3.05, 3.63) is 78.1 Å². The minimum absolute atomic E-state index is 0.116. The number of aromatic nitrogens is 2. The predicted molar refractivity (Wildman–Crippen MR) is 114 cm³/mol. The molecule has 0 saturated carbocycles. The molecule has 0 atom stereocenters. The lowest BCUT2D eigenvalue weighted by molar-refractivity contribution is 0.414. The van der Waals surface area contributed by atoms with Crippen molar-refractivity contribution in [2.24, 2.45) is 0 Å². The molecule has 31 heavy (non-hydrogen) atoms. The van der Waals surface area contributed by atoms with Crippen LogP contribution in [0.25, 0.3) is 22.8 Å². The number of nitrogens with one attached hydrogen (secondary N) is 1. The zero-order valence-electron chi connectivity index (χ0n) is 16.7. The van der Waals surface area contributed by atoms with Crippen molar-refractivity contribution in [3.63, 3.8) is 0 Å². The van der Waals surface area contributed by atoms with Crippen LogP contribution in [0.4, 0.5) is 10.1 Å². The van der Waals surface area contributed by atoms with Crippen LogP contribution in [0.1, 0.15) is 5.56 Å². The van der Waals surface area contributed by atoms with E-state index in [1.165, 1.54) is 25.3 Å². The Labute approximate surface area is 178 Å². The molecule has 9 heteroatoms. The number of sulfonamides is 1. The van der Waals surface area contributed by atoms with Gasteiger partial charge >= 0.3 is 0 Å². The molecule has 1 N–H and O–H groups in total. The highest BCUT2D eigenvalue weighted by atomic mass is 32.2. The molecule has 4 aromatic rings. The Hall–Kier alpha value is -3.72. The van der Waals surface area contributed by atoms with E-state index in [0.29, 0.717) is 34.0 Å². The summed E-state index contributed by atoms with van der Waals surface area (Å²) < 4.78 is 51.7. The summed E-state index contributed by atoms with van der Waals surface area (Å²) in [4.78, 5) is 4.41. The summed E-state index contributed by atoms with van der Waals surface area (Å²) in [6.45, 7) is 1.67. The van der Waals surface area contributed by atoms with Gasteiger partial charge in [0.1, 0.15) is 11.6 Å². The van der Waals surface area contributed by atoms with Crippen molar-refractivity contribution in [2.45, 2.75) is 11.8 Å². The maximum atomic E-state index is 13.8. The predicted octanol–water partition coefficient (Wildman–Crippen LogP) is 4.66. The number of methoxy groups -OCH3 is 1. The van der Waals surface area contributed by atoms with Gasteiger partial charge in [0.05, 0.1) is 12.0 Å². The SMILES string of the molecule is COc1ccc(S(=O)(=O)Nc2ccc(-c3noc(-c4ccc(C)c(F)c4)n3)cc2)cc1. The van der Waals surface area contributed by atoms with E-state index in [-0.39, 0.29) is 16.6 Å². The maximum Gasteiger partial charge on any atom is 0.261 e. The number of hydrogen-bond donors (Lipinski definition) is 1. The average Bonchev–Trinajstić information content (AvgIpc) is 3.26. The summed E-state index contributed by atoms with van der Waals surface area (Å²) in [7, 11) is -2.24. The second-order valence-corrected chi connectivity index (χ2v) is 8.43. The quantitative estimate of drug-likeness (QED) is 0.470. The zero-order valence-corrected chi connectivity index (χ0v) is 17.5. The Bertz CT molecular complexity index is 1320. The number of nitrogens with zero attached hydrogens (tertiary/aromatic N) is 2. The first-order valence-corrected chi connectivity index (χ1v) is 10.7. The molecule has 0 bridgehead atoms. The van der Waals surface area contributed by atoms with Gasteiger partial charge in [0.25, 0.3) is 15.9 Å². The minimum atomic E-state index is -3.75. The van der Waals surface area contributed by atoms with Gasteiger partial charge < -0.3 is 9.26 Å². The van der Waals surface area contributed by atoms with Crippen LogP contribution in [0.5, 0.6) is 5.75 Å². The molecule has 0 amide bonds. The third kappa shape index (κ3) is 4.41. The number of aryl methyl sites for hydroxylation is 1. The third-order valence-electron chi connectivity index (χ3n) is 4.61. The summed E-state index contributed by atoms with van der Waals surface area (Å²) in [5, 5.41) is 3.92. The first kappa shape index (κ1) is 20.5. The van der Waals surface area contributed by atoms with Crippen LogP contribution >= 0.6 is 0 Å². The molecule has 0 unspecified atom stereocenters. The van der Waals surface area contributed by atoms with Crippen LogP contribution in [0.2, 0.25) is 0 Å². The van der Waals surface area contributed by atoms with Crippen molar-refractivity contribution < 1.29 is 22.1 Å². The Kier molecular flexibility index (Phi) is 5.43. The van der Waals surface area contributed by atoms with Crippen LogP contribution in [-0.2, 0) is 10.0 Å². The largest absolute Gasteiger partial charge is 0.497 e. The molecule has 7 nitrogen and oxygen atoms in total. The van der Waals surface area contributed by atoms with E-state index in [0.717, 1.165) is 0 Å². The van der Waals surface area contributed by atoms with Crippen LogP contribution < -0.4 is 9.46 Å². The van der Waals surface area contributed by atoms with Crippen LogP contribution in [-0.4, -0.2) is 25.7 Å². The minimum Gasteiger partial charge on any atom is -0.497 e. The van der Waals surface area contributed by atoms with Gasteiger partial charge in [0.2, 0.25) is 5.82 Å². The molecule has 4 rings (SSSR count). The summed E-state index contributed by atoms with van der Waals surface area (Å²) in [6.07, 6.45) is 0. The fourth-order valence-corrected chi connectivity index (χ4v) is 3.90. The summed E-state index contributed by atoms with van der Waals surface area (Å²) in [5.74, 6) is 0.709. The number of anilines is 1. The van der Waals surface area contributed by atoms with Gasteiger partial charge in [-0.25, -0.2) is 12.8 Å². The van der Waals surface area contributed by atoms with Gasteiger partial charge in [-0.15, -0.1) is 0 Å². The van der Waals surface area contributed by atoms with Gasteiger partial charge in [0, 0.05) is 16.8 Å². The van der Waals surface area contributed by atoms with E-state index in [1.807, 2.05) is 0 Å². The van der Waals surface area contributed by atoms with Crippen molar-refractivity contribution in [1.29, 1.82) is 0 Å². The van der Waals surface area contributed by atoms with Gasteiger partial charge in [-0.2, -0.15) is 4.98 Å². The molecule has 1 heterocycles. The van der Waals surface area contributed by atoms with E-state index < -0.39 is 10.0 Å². The normalized spacial score (nSPS) is 11.3. The van der Waals surface area contributed by atoms with Crippen molar-refractivity contribution in [1.82, 2.24) is 10.1 Å². The number of benzene rings is 3. The average molecular weight is 439 g/mol. The van der Waals surface area contributed by atoms with Crippen LogP contribution in [0.3, 0.4) is 0 Å². The lowest BCUT2D eigenvalue weighted by atomic mass is 10.1. The van der Waals surface area contributed by atoms with E-state index in [4.69, 9.17) is 9.26 Å². The fourth-order valence-electron chi connectivity index (χ4n) is 2.84. The Morgan fingerprint density at radius 2 is 1.65 bits per heavy atom. The molecular weight excluding hydrogens is 421 g/mol. The molecule has 0 fully saturated rings. The molecule has 0 saturated heterocycles. The second-order valence-electron chi connectivity index (χ2n) is 6.75. The molecule has 0 aliphatic rings. The molecule has 0 radical (unpaired) electrons. The molecule has 0 spiro atoms. The van der Waals surface area contributed by atoms with E-state index in [9.17, 15) is 12.8 Å². The Balaban J connectivity index is 1.52. The lowest BCUT2D eigenvalue weighted by Crippen LogP contribution is -2.12. The molecule has 1 aromatic heterocycles. The van der Waals surface area contributed by atoms with Crippen LogP contribution in [0.15, 0.2) is 76.1 Å². The number of rotatable bonds is 6. The number of ether oxygens (including phenoxy) is 1. The van der Waals surface area contributed by atoms with Crippen molar-refractivity contribution >= 4 is 15.7 Å². The third-order valence-corrected chi connectivity index (χ3v) is 6.01. The lowest BCUT2D eigenvalue weighted by Gasteiger charge is -2.09. The highest BCUT2D eigenvalue weighted by Gasteiger charge is 2.15. The molecule has 0 aliphatic carbocycles. The summed E-state index contributed by atoms with van der Waals surface area (Å²) in [6, 6.07) is 17.3. The fraction of sp³-hybridized carbons (Fsp3) is 0.0909. The monoisotopic (exact) mass is 439 g/mol. The van der Waals surface area contributed by atoms with Crippen LogP contribution in [0, 0.1) is 12.7 Å². The van der Waals surface area contributed by atoms with Gasteiger partial charge in [0.15, 0.2) is 0 Å². The highest BCUT2D eigenvalue weighted by molar-refractivity contribution is 7.92. The van der Waals surface area contributed by atoms with Gasteiger partial charge in [-0.05, 0) is 73.2 Å². The van der Waals surface area contributed by atoms with E-state index >= 15 is 0 Å². The zero-order chi connectivity index (χ0) is 22.0. The Morgan fingerprint density at radius 3 is 2.29 bits per heavy atom. The van der Waals surface area contributed by atoms with E-state index in [1.54, 1.807) is 55.5 Å². The molecular formula is C22H18FN3O4S. The molecule has 0 aliphatic heterocycles. The number of halogens is 1. The van der Waals surface area contributed by atoms with Gasteiger partial charge in [-0.3, -0.25) is 4.72 Å². The smallest absolute Gasteiger partial charge is 0.261 e. The Morgan fingerprint density at radius 1 is 0.968 bits per heavy atom. The van der Waals surface area contributed by atoms with Gasteiger partial charge in [-0.1, -0.05) is 11.2 Å². The molecule has 158 valence electrons. The van der Waals surface area contributed by atoms with Crippen molar-refractivity contribution in [2.75, 3.05) is 11.8 Å². The molecule has 3 aromatic carbocycles. The first-order valence-electron chi connectivity index (χ1n) is 9.23. The standard InChI is InChI=1S/C22H18FN3O4S/c1-14-3-4-16(13-20(14)23)22-24-21(25-30-22)15-5-7-17(8-6-15)26-31(27,28)19-11-9-18(29-2)10-12-19/h3-13,26H,1-2H3. The van der Waals surface area contributed by atoms with E-state index in [2.05, 4.69) is 14.9 Å². The number of hydrogen-bond acceptors (Lipinski definition) is 6.